The smallest absolute Gasteiger partial charge is 0.0601 e. The first-order chi connectivity index (χ1) is 8.12. The second kappa shape index (κ2) is 6.72. The summed E-state index contributed by atoms with van der Waals surface area (Å²) >= 11 is 0. The highest BCUT2D eigenvalue weighted by atomic mass is 16.3. The third-order valence-electron chi connectivity index (χ3n) is 4.74. The molecule has 3 heteroatoms. The van der Waals surface area contributed by atoms with Crippen molar-refractivity contribution in [1.29, 1.82) is 0 Å². The molecule has 2 atom stereocenters. The van der Waals surface area contributed by atoms with Gasteiger partial charge < -0.3 is 10.8 Å². The van der Waals surface area contributed by atoms with Crippen molar-refractivity contribution in [2.45, 2.75) is 65.0 Å². The molecule has 0 amide bonds. The molecule has 1 saturated heterocycles. The highest BCUT2D eigenvalue weighted by Gasteiger charge is 2.38. The fourth-order valence-corrected chi connectivity index (χ4v) is 3.13. The standard InChI is InChI=1S/C14H30N2O/c1-4-7-12(15)13(10-17)16-9-8-14(5-2,6-3)11-16/h12-13,17H,4-11,15H2,1-3H3. The molecule has 0 aromatic heterocycles. The molecule has 1 rings (SSSR count). The summed E-state index contributed by atoms with van der Waals surface area (Å²) in [6.07, 6.45) is 5.84. The van der Waals surface area contributed by atoms with Gasteiger partial charge in [-0.1, -0.05) is 27.2 Å². The van der Waals surface area contributed by atoms with Crippen LogP contribution in [0, 0.1) is 5.41 Å². The van der Waals surface area contributed by atoms with Crippen LogP contribution in [-0.4, -0.2) is 41.8 Å². The Bertz CT molecular complexity index is 216. The predicted octanol–water partition coefficient (Wildman–Crippen LogP) is 1.99. The minimum Gasteiger partial charge on any atom is -0.395 e. The lowest BCUT2D eigenvalue weighted by molar-refractivity contribution is 0.108. The van der Waals surface area contributed by atoms with Gasteiger partial charge >= 0.3 is 0 Å². The van der Waals surface area contributed by atoms with E-state index in [9.17, 15) is 5.11 Å². The minimum absolute atomic E-state index is 0.120. The summed E-state index contributed by atoms with van der Waals surface area (Å²) in [6.45, 7) is 9.14. The number of nitrogens with zero attached hydrogens (tertiary/aromatic N) is 1. The third-order valence-corrected chi connectivity index (χ3v) is 4.74. The van der Waals surface area contributed by atoms with E-state index in [2.05, 4.69) is 25.7 Å². The van der Waals surface area contributed by atoms with Gasteiger partial charge in [-0.25, -0.2) is 0 Å². The molecule has 0 spiro atoms. The lowest BCUT2D eigenvalue weighted by atomic mass is 9.82. The molecule has 1 aliphatic rings. The van der Waals surface area contributed by atoms with Crippen LogP contribution < -0.4 is 5.73 Å². The second-order valence-corrected chi connectivity index (χ2v) is 5.63. The Labute approximate surface area is 106 Å². The average molecular weight is 242 g/mol. The Morgan fingerprint density at radius 3 is 2.35 bits per heavy atom. The van der Waals surface area contributed by atoms with Crippen molar-refractivity contribution in [2.24, 2.45) is 11.1 Å². The summed E-state index contributed by atoms with van der Waals surface area (Å²) in [5.41, 5.74) is 6.66. The van der Waals surface area contributed by atoms with Gasteiger partial charge in [0.1, 0.15) is 0 Å². The van der Waals surface area contributed by atoms with E-state index >= 15 is 0 Å². The molecule has 102 valence electrons. The summed E-state index contributed by atoms with van der Waals surface area (Å²) in [5.74, 6) is 0. The van der Waals surface area contributed by atoms with Crippen LogP contribution in [0.1, 0.15) is 52.9 Å². The molecule has 0 radical (unpaired) electrons. The molecule has 1 aliphatic heterocycles. The van der Waals surface area contributed by atoms with Crippen molar-refractivity contribution in [3.63, 3.8) is 0 Å². The van der Waals surface area contributed by atoms with Gasteiger partial charge in [0.15, 0.2) is 0 Å². The van der Waals surface area contributed by atoms with Crippen LogP contribution >= 0.6 is 0 Å². The third kappa shape index (κ3) is 3.43. The Balaban J connectivity index is 2.60. The van der Waals surface area contributed by atoms with Crippen molar-refractivity contribution in [1.82, 2.24) is 4.90 Å². The van der Waals surface area contributed by atoms with Crippen LogP contribution in [0.5, 0.6) is 0 Å². The molecule has 1 heterocycles. The van der Waals surface area contributed by atoms with E-state index in [4.69, 9.17) is 5.73 Å². The van der Waals surface area contributed by atoms with E-state index in [-0.39, 0.29) is 18.7 Å². The monoisotopic (exact) mass is 242 g/mol. The van der Waals surface area contributed by atoms with E-state index in [1.165, 1.54) is 19.3 Å². The molecule has 0 aliphatic carbocycles. The zero-order valence-electron chi connectivity index (χ0n) is 11.8. The number of aliphatic hydroxyl groups excluding tert-OH is 1. The molecular weight excluding hydrogens is 212 g/mol. The van der Waals surface area contributed by atoms with Gasteiger partial charge in [-0.3, -0.25) is 4.90 Å². The minimum atomic E-state index is 0.120. The van der Waals surface area contributed by atoms with Gasteiger partial charge in [-0.05, 0) is 37.6 Å². The first-order valence-corrected chi connectivity index (χ1v) is 7.23. The van der Waals surface area contributed by atoms with Crippen LogP contribution in [-0.2, 0) is 0 Å². The molecule has 1 fully saturated rings. The summed E-state index contributed by atoms with van der Waals surface area (Å²) in [4.78, 5) is 2.42. The van der Waals surface area contributed by atoms with Crippen LogP contribution in [0.2, 0.25) is 0 Å². The molecule has 0 saturated carbocycles. The van der Waals surface area contributed by atoms with Gasteiger partial charge in [-0.15, -0.1) is 0 Å². The maximum Gasteiger partial charge on any atom is 0.0601 e. The number of nitrogens with two attached hydrogens (primary N) is 1. The molecule has 0 aromatic carbocycles. The summed E-state index contributed by atoms with van der Waals surface area (Å²) in [6, 6.07) is 0.282. The van der Waals surface area contributed by atoms with E-state index in [0.29, 0.717) is 5.41 Å². The van der Waals surface area contributed by atoms with Crippen molar-refractivity contribution in [2.75, 3.05) is 19.7 Å². The number of hydrogen-bond donors (Lipinski definition) is 2. The van der Waals surface area contributed by atoms with Gasteiger partial charge in [0.2, 0.25) is 0 Å². The highest BCUT2D eigenvalue weighted by molar-refractivity contribution is 4.93. The van der Waals surface area contributed by atoms with Gasteiger partial charge in [0, 0.05) is 18.6 Å². The molecule has 2 unspecified atom stereocenters. The summed E-state index contributed by atoms with van der Waals surface area (Å²) in [5, 5.41) is 9.58. The zero-order chi connectivity index (χ0) is 12.9. The SMILES string of the molecule is CCCC(N)C(CO)N1CCC(CC)(CC)C1. The highest BCUT2D eigenvalue weighted by Crippen LogP contribution is 2.38. The van der Waals surface area contributed by atoms with Gasteiger partial charge in [0.25, 0.3) is 0 Å². The van der Waals surface area contributed by atoms with E-state index in [0.717, 1.165) is 25.9 Å². The van der Waals surface area contributed by atoms with Crippen molar-refractivity contribution in [3.05, 3.63) is 0 Å². The number of aliphatic hydroxyl groups is 1. The molecule has 17 heavy (non-hydrogen) atoms. The lowest BCUT2D eigenvalue weighted by Gasteiger charge is -2.33. The lowest BCUT2D eigenvalue weighted by Crippen LogP contribution is -2.49. The predicted molar refractivity (Wildman–Crippen MR) is 73.0 cm³/mol. The molecule has 3 nitrogen and oxygen atoms in total. The molecule has 0 bridgehead atoms. The Hall–Kier alpha value is -0.120. The number of rotatable bonds is 7. The van der Waals surface area contributed by atoms with E-state index in [1.807, 2.05) is 0 Å². The van der Waals surface area contributed by atoms with Crippen molar-refractivity contribution < 1.29 is 5.11 Å². The number of likely N-dealkylation sites (tertiary alicyclic amines) is 1. The van der Waals surface area contributed by atoms with E-state index in [1.54, 1.807) is 0 Å². The summed E-state index contributed by atoms with van der Waals surface area (Å²) < 4.78 is 0. The maximum absolute atomic E-state index is 9.58. The first-order valence-electron chi connectivity index (χ1n) is 7.23. The first kappa shape index (κ1) is 14.9. The molecular formula is C14H30N2O. The van der Waals surface area contributed by atoms with Crippen molar-refractivity contribution >= 4 is 0 Å². The van der Waals surface area contributed by atoms with Crippen LogP contribution in [0.4, 0.5) is 0 Å². The van der Waals surface area contributed by atoms with Crippen LogP contribution in [0.3, 0.4) is 0 Å². The molecule has 3 N–H and O–H groups in total. The molecule has 0 aromatic rings. The Morgan fingerprint density at radius 1 is 1.29 bits per heavy atom. The van der Waals surface area contributed by atoms with Crippen LogP contribution in [0.15, 0.2) is 0 Å². The van der Waals surface area contributed by atoms with Gasteiger partial charge in [-0.2, -0.15) is 0 Å². The Kier molecular flexibility index (Phi) is 5.90. The zero-order valence-corrected chi connectivity index (χ0v) is 11.8. The van der Waals surface area contributed by atoms with Crippen LogP contribution in [0.25, 0.3) is 0 Å². The fraction of sp³-hybridized carbons (Fsp3) is 1.00. The van der Waals surface area contributed by atoms with Gasteiger partial charge in [0.05, 0.1) is 6.61 Å². The second-order valence-electron chi connectivity index (χ2n) is 5.63. The quantitative estimate of drug-likeness (QED) is 0.718. The topological polar surface area (TPSA) is 49.5 Å². The van der Waals surface area contributed by atoms with Crippen molar-refractivity contribution in [3.8, 4) is 0 Å². The maximum atomic E-state index is 9.58. The average Bonchev–Trinajstić information content (AvgIpc) is 2.75. The largest absolute Gasteiger partial charge is 0.395 e. The summed E-state index contributed by atoms with van der Waals surface area (Å²) in [7, 11) is 0. The fourth-order valence-electron chi connectivity index (χ4n) is 3.13. The number of hydrogen-bond acceptors (Lipinski definition) is 3. The normalized spacial score (nSPS) is 23.8. The van der Waals surface area contributed by atoms with E-state index < -0.39 is 0 Å². The Morgan fingerprint density at radius 2 is 1.94 bits per heavy atom.